The summed E-state index contributed by atoms with van der Waals surface area (Å²) >= 11 is 4.19. The Bertz CT molecular complexity index is 384. The molecule has 1 heterocycles. The van der Waals surface area contributed by atoms with Crippen LogP contribution < -0.4 is 0 Å². The Labute approximate surface area is 122 Å². The van der Waals surface area contributed by atoms with E-state index in [0.717, 1.165) is 0 Å². The lowest BCUT2D eigenvalue weighted by Crippen LogP contribution is -2.50. The molecule has 0 bridgehead atoms. The lowest BCUT2D eigenvalue weighted by Gasteiger charge is -2.38. The van der Waals surface area contributed by atoms with Crippen molar-refractivity contribution in [2.24, 2.45) is 0 Å². The third kappa shape index (κ3) is 5.38. The van der Waals surface area contributed by atoms with Gasteiger partial charge in [-0.05, 0) is 0 Å². The second-order valence-corrected chi connectivity index (χ2v) is 4.92. The van der Waals surface area contributed by atoms with E-state index in [0.29, 0.717) is 0 Å². The maximum atomic E-state index is 11.1. The van der Waals surface area contributed by atoms with Crippen LogP contribution in [0.4, 0.5) is 0 Å². The van der Waals surface area contributed by atoms with Crippen LogP contribution in [-0.4, -0.2) is 48.3 Å². The molecule has 0 aromatic heterocycles. The van der Waals surface area contributed by atoms with Crippen molar-refractivity contribution >= 4 is 30.5 Å². The third-order valence-electron chi connectivity index (χ3n) is 2.57. The fourth-order valence-corrected chi connectivity index (χ4v) is 2.30. The summed E-state index contributed by atoms with van der Waals surface area (Å²) in [6.45, 7) is 3.81. The predicted octanol–water partition coefficient (Wildman–Crippen LogP) is 0.458. The molecule has 0 saturated carbocycles. The number of esters is 3. The van der Waals surface area contributed by atoms with Gasteiger partial charge in [0.05, 0.1) is 6.10 Å². The van der Waals surface area contributed by atoms with E-state index in [9.17, 15) is 14.4 Å². The summed E-state index contributed by atoms with van der Waals surface area (Å²) in [5.41, 5.74) is -0.766. The molecule has 0 aromatic carbocycles. The molecule has 1 saturated heterocycles. The van der Waals surface area contributed by atoms with Crippen LogP contribution in [0.15, 0.2) is 0 Å². The van der Waals surface area contributed by atoms with Gasteiger partial charge in [0.15, 0.2) is 6.10 Å². The molecule has 8 heteroatoms. The molecule has 0 unspecified atom stereocenters. The SMILES string of the molecule is CC(=O)OC[C@@H]1C[C@H](OC(C)=O)[C@@H](OC(C)=O)[C@H](S)O1. The number of ether oxygens (including phenoxy) is 4. The highest BCUT2D eigenvalue weighted by Crippen LogP contribution is 2.27. The fourth-order valence-electron chi connectivity index (χ4n) is 1.88. The number of hydrogen-bond donors (Lipinski definition) is 1. The van der Waals surface area contributed by atoms with Crippen LogP contribution in [0.1, 0.15) is 27.2 Å². The summed E-state index contributed by atoms with van der Waals surface area (Å²) in [6.07, 6.45) is -1.71. The summed E-state index contributed by atoms with van der Waals surface area (Å²) in [4.78, 5) is 33.0. The van der Waals surface area contributed by atoms with Crippen LogP contribution in [-0.2, 0) is 33.3 Å². The average Bonchev–Trinajstić information content (AvgIpc) is 2.29. The van der Waals surface area contributed by atoms with Gasteiger partial charge in [-0.15, -0.1) is 12.6 Å². The molecule has 1 rings (SSSR count). The van der Waals surface area contributed by atoms with Gasteiger partial charge in [0.2, 0.25) is 0 Å². The van der Waals surface area contributed by atoms with E-state index in [1.165, 1.54) is 20.8 Å². The highest BCUT2D eigenvalue weighted by Gasteiger charge is 2.41. The topological polar surface area (TPSA) is 88.1 Å². The van der Waals surface area contributed by atoms with Gasteiger partial charge in [-0.2, -0.15) is 0 Å². The molecule has 0 radical (unpaired) electrons. The van der Waals surface area contributed by atoms with Gasteiger partial charge in [0.1, 0.15) is 18.1 Å². The zero-order chi connectivity index (χ0) is 15.3. The van der Waals surface area contributed by atoms with Crippen molar-refractivity contribution in [2.45, 2.75) is 50.9 Å². The number of hydrogen-bond acceptors (Lipinski definition) is 8. The minimum atomic E-state index is -0.798. The Morgan fingerprint density at radius 2 is 1.70 bits per heavy atom. The summed E-state index contributed by atoms with van der Waals surface area (Å²) < 4.78 is 20.5. The predicted molar refractivity (Wildman–Crippen MR) is 70.0 cm³/mol. The van der Waals surface area contributed by atoms with Gasteiger partial charge in [-0.25, -0.2) is 0 Å². The van der Waals surface area contributed by atoms with Crippen molar-refractivity contribution in [2.75, 3.05) is 6.61 Å². The molecule has 1 aliphatic rings. The Hall–Kier alpha value is -1.28. The summed E-state index contributed by atoms with van der Waals surface area (Å²) in [7, 11) is 0. The van der Waals surface area contributed by atoms with Crippen LogP contribution in [0.2, 0.25) is 0 Å². The minimum Gasteiger partial charge on any atom is -0.463 e. The second-order valence-electron chi connectivity index (χ2n) is 4.41. The van der Waals surface area contributed by atoms with Crippen LogP contribution in [0.3, 0.4) is 0 Å². The molecule has 20 heavy (non-hydrogen) atoms. The Balaban J connectivity index is 2.71. The average molecular weight is 306 g/mol. The first-order valence-corrected chi connectivity index (χ1v) is 6.62. The first kappa shape index (κ1) is 16.8. The molecule has 0 spiro atoms. The van der Waals surface area contributed by atoms with Crippen LogP contribution in [0.5, 0.6) is 0 Å². The van der Waals surface area contributed by atoms with Crippen molar-refractivity contribution in [3.63, 3.8) is 0 Å². The van der Waals surface area contributed by atoms with Crippen LogP contribution in [0.25, 0.3) is 0 Å². The van der Waals surface area contributed by atoms with Gasteiger partial charge in [0.25, 0.3) is 0 Å². The van der Waals surface area contributed by atoms with Crippen molar-refractivity contribution < 1.29 is 33.3 Å². The molecular weight excluding hydrogens is 288 g/mol. The van der Waals surface area contributed by atoms with E-state index in [1.807, 2.05) is 0 Å². The highest BCUT2D eigenvalue weighted by atomic mass is 32.1. The molecule has 1 fully saturated rings. The molecule has 0 aromatic rings. The molecule has 7 nitrogen and oxygen atoms in total. The van der Waals surface area contributed by atoms with Gasteiger partial charge < -0.3 is 18.9 Å². The number of rotatable bonds is 4. The fraction of sp³-hybridized carbons (Fsp3) is 0.750. The van der Waals surface area contributed by atoms with Crippen molar-refractivity contribution in [1.82, 2.24) is 0 Å². The maximum absolute atomic E-state index is 11.1. The van der Waals surface area contributed by atoms with Crippen molar-refractivity contribution in [3.05, 3.63) is 0 Å². The minimum absolute atomic E-state index is 0.0248. The zero-order valence-corrected chi connectivity index (χ0v) is 12.4. The normalized spacial score (nSPS) is 29.4. The molecule has 0 N–H and O–H groups in total. The molecular formula is C12H18O7S. The largest absolute Gasteiger partial charge is 0.463 e. The Kier molecular flexibility index (Phi) is 6.28. The van der Waals surface area contributed by atoms with Crippen molar-refractivity contribution in [3.8, 4) is 0 Å². The lowest BCUT2D eigenvalue weighted by molar-refractivity contribution is -0.197. The van der Waals surface area contributed by atoms with E-state index in [2.05, 4.69) is 12.6 Å². The Morgan fingerprint density at radius 1 is 1.10 bits per heavy atom. The molecule has 1 aliphatic heterocycles. The summed E-state index contributed by atoms with van der Waals surface area (Å²) in [5.74, 6) is -1.45. The maximum Gasteiger partial charge on any atom is 0.303 e. The van der Waals surface area contributed by atoms with Crippen LogP contribution in [0, 0.1) is 0 Å². The number of carbonyl (C=O) groups excluding carboxylic acids is 3. The van der Waals surface area contributed by atoms with Gasteiger partial charge in [-0.1, -0.05) is 0 Å². The van der Waals surface area contributed by atoms with Gasteiger partial charge >= 0.3 is 17.9 Å². The van der Waals surface area contributed by atoms with E-state index < -0.39 is 41.7 Å². The molecule has 114 valence electrons. The van der Waals surface area contributed by atoms with E-state index in [4.69, 9.17) is 18.9 Å². The number of thiol groups is 1. The summed E-state index contributed by atoms with van der Waals surface area (Å²) in [6, 6.07) is 0. The third-order valence-corrected chi connectivity index (χ3v) is 2.98. The smallest absolute Gasteiger partial charge is 0.303 e. The van der Waals surface area contributed by atoms with Crippen LogP contribution >= 0.6 is 12.6 Å². The van der Waals surface area contributed by atoms with Crippen molar-refractivity contribution in [1.29, 1.82) is 0 Å². The number of carbonyl (C=O) groups is 3. The van der Waals surface area contributed by atoms with E-state index >= 15 is 0 Å². The highest BCUT2D eigenvalue weighted by molar-refractivity contribution is 7.80. The standard InChI is InChI=1S/C12H18O7S/c1-6(13)16-5-9-4-10(17-7(2)14)11(12(20)19-9)18-8(3)15/h9-12,20H,4-5H2,1-3H3/t9-,10-,11+,12-/m0/s1. The quantitative estimate of drug-likeness (QED) is 0.458. The lowest BCUT2D eigenvalue weighted by atomic mass is 10.0. The molecule has 0 amide bonds. The first-order valence-electron chi connectivity index (χ1n) is 6.11. The van der Waals surface area contributed by atoms with Gasteiger partial charge in [-0.3, -0.25) is 14.4 Å². The monoisotopic (exact) mass is 306 g/mol. The summed E-state index contributed by atoms with van der Waals surface area (Å²) in [5, 5.41) is 0. The second kappa shape index (κ2) is 7.49. The van der Waals surface area contributed by atoms with Gasteiger partial charge in [0, 0.05) is 27.2 Å². The first-order chi connectivity index (χ1) is 9.29. The molecule has 0 aliphatic carbocycles. The Morgan fingerprint density at radius 3 is 2.20 bits per heavy atom. The zero-order valence-electron chi connectivity index (χ0n) is 11.5. The molecule has 4 atom stereocenters. The van der Waals surface area contributed by atoms with E-state index in [-0.39, 0.29) is 13.0 Å². The van der Waals surface area contributed by atoms with E-state index in [1.54, 1.807) is 0 Å².